The monoisotopic (exact) mass is 619 g/mol. The van der Waals surface area contributed by atoms with Crippen LogP contribution in [-0.4, -0.2) is 100 Å². The maximum atomic E-state index is 13.2. The van der Waals surface area contributed by atoms with Crippen molar-refractivity contribution in [2.75, 3.05) is 32.1 Å². The van der Waals surface area contributed by atoms with Gasteiger partial charge in [-0.15, -0.1) is 28.5 Å². The van der Waals surface area contributed by atoms with Crippen LogP contribution in [0.15, 0.2) is 22.6 Å². The normalized spacial score (nSPS) is 19.4. The van der Waals surface area contributed by atoms with Gasteiger partial charge >= 0.3 is 5.97 Å². The van der Waals surface area contributed by atoms with Gasteiger partial charge in [0.05, 0.1) is 21.8 Å². The van der Waals surface area contributed by atoms with Crippen molar-refractivity contribution in [3.8, 4) is 0 Å². The fourth-order valence-corrected chi connectivity index (χ4v) is 6.53. The molecule has 12 nitrogen and oxygen atoms in total. The molecule has 2 aliphatic rings. The number of halogens is 1. The fraction of sp³-hybridized carbons (Fsp3) is 0.524. The van der Waals surface area contributed by atoms with E-state index in [0.717, 1.165) is 17.6 Å². The molecule has 0 bridgehead atoms. The molecule has 0 radical (unpaired) electrons. The second kappa shape index (κ2) is 13.2. The topological polar surface area (TPSA) is 149 Å². The number of ether oxygens (including phenoxy) is 2. The Bertz CT molecular complexity index is 1170. The van der Waals surface area contributed by atoms with Crippen molar-refractivity contribution in [1.29, 1.82) is 0 Å². The van der Waals surface area contributed by atoms with E-state index in [1.165, 1.54) is 30.0 Å². The highest BCUT2D eigenvalue weighted by molar-refractivity contribution is 8.00. The molecule has 2 atom stereocenters. The maximum Gasteiger partial charge on any atom is 0.357 e. The Hall–Kier alpha value is -2.24. The summed E-state index contributed by atoms with van der Waals surface area (Å²) < 4.78 is 14.7. The molecule has 2 amide bonds. The first-order chi connectivity index (χ1) is 18.0. The molecule has 17 heteroatoms. The number of thiocarbonyl (C=S) groups is 1. The number of amides is 2. The lowest BCUT2D eigenvalue weighted by Gasteiger charge is -2.49. The van der Waals surface area contributed by atoms with Crippen LogP contribution in [0.25, 0.3) is 0 Å². The molecule has 38 heavy (non-hydrogen) atoms. The van der Waals surface area contributed by atoms with Gasteiger partial charge in [-0.05, 0) is 17.6 Å². The zero-order valence-electron chi connectivity index (χ0n) is 21.0. The van der Waals surface area contributed by atoms with E-state index in [4.69, 9.17) is 33.3 Å². The van der Waals surface area contributed by atoms with Crippen LogP contribution >= 0.6 is 47.1 Å². The Morgan fingerprint density at radius 1 is 1.34 bits per heavy atom. The molecule has 0 saturated carbocycles. The molecule has 0 spiro atoms. The van der Waals surface area contributed by atoms with Crippen molar-refractivity contribution >= 4 is 89.3 Å². The predicted octanol–water partition coefficient (Wildman–Crippen LogP) is 1.58. The van der Waals surface area contributed by atoms with Crippen LogP contribution in [0.1, 0.15) is 4.88 Å². The van der Waals surface area contributed by atoms with E-state index in [1.54, 1.807) is 0 Å². The number of hydrogen-bond donors (Lipinski definition) is 1. The first kappa shape index (κ1) is 30.3. The number of nitrogens with zero attached hydrogens (tertiary/aromatic N) is 4. The number of alkyl halides is 1. The van der Waals surface area contributed by atoms with Crippen LogP contribution in [0.4, 0.5) is 0 Å². The first-order valence-electron chi connectivity index (χ1n) is 11.3. The van der Waals surface area contributed by atoms with Gasteiger partial charge in [0.25, 0.3) is 11.8 Å². The van der Waals surface area contributed by atoms with Crippen LogP contribution in [0.3, 0.4) is 0 Å². The molecular formula is C21H26ClN5O7S3Si. The number of esters is 1. The Morgan fingerprint density at radius 2 is 2.08 bits per heavy atom. The van der Waals surface area contributed by atoms with Crippen molar-refractivity contribution < 1.29 is 33.5 Å². The van der Waals surface area contributed by atoms with Gasteiger partial charge in [0, 0.05) is 26.0 Å². The van der Waals surface area contributed by atoms with Gasteiger partial charge in [0.2, 0.25) is 11.5 Å². The summed E-state index contributed by atoms with van der Waals surface area (Å²) in [6, 6.07) is -0.139. The van der Waals surface area contributed by atoms with Crippen LogP contribution < -0.4 is 5.32 Å². The number of nitrogens with one attached hydrogen (secondary N) is 1. The third-order valence-corrected chi connectivity index (χ3v) is 9.86. The van der Waals surface area contributed by atoms with Crippen LogP contribution in [0.5, 0.6) is 0 Å². The zero-order chi connectivity index (χ0) is 28.0. The lowest BCUT2D eigenvalue weighted by atomic mass is 10.0. The molecule has 3 heterocycles. The molecule has 1 saturated heterocycles. The Balaban J connectivity index is 1.80. The third-order valence-electron chi connectivity index (χ3n) is 5.36. The van der Waals surface area contributed by atoms with Crippen molar-refractivity contribution in [1.82, 2.24) is 19.8 Å². The zero-order valence-corrected chi connectivity index (χ0v) is 25.2. The molecule has 1 aromatic rings. The first-order valence-corrected chi connectivity index (χ1v) is 17.7. The Labute approximate surface area is 238 Å². The van der Waals surface area contributed by atoms with Gasteiger partial charge in [-0.25, -0.2) is 4.79 Å². The van der Waals surface area contributed by atoms with E-state index in [2.05, 4.69) is 44.5 Å². The number of ketones is 1. The maximum absolute atomic E-state index is 13.2. The second-order valence-corrected chi connectivity index (χ2v) is 17.4. The molecule has 1 N–H and O–H groups in total. The van der Waals surface area contributed by atoms with Crippen LogP contribution in [0.2, 0.25) is 25.7 Å². The number of Topliss-reactive ketones (excluding diaryl/α,β-unsaturated/α-hetero) is 1. The van der Waals surface area contributed by atoms with Gasteiger partial charge in [-0.3, -0.25) is 19.3 Å². The summed E-state index contributed by atoms with van der Waals surface area (Å²) in [5.41, 5.74) is -0.185. The lowest BCUT2D eigenvalue weighted by Crippen LogP contribution is -2.71. The number of rotatable bonds is 13. The molecule has 1 unspecified atom stereocenters. The minimum absolute atomic E-state index is 0.0286. The van der Waals surface area contributed by atoms with Crippen molar-refractivity contribution in [3.05, 3.63) is 22.3 Å². The lowest BCUT2D eigenvalue weighted by molar-refractivity contribution is -0.159. The van der Waals surface area contributed by atoms with E-state index in [-0.39, 0.29) is 18.2 Å². The summed E-state index contributed by atoms with van der Waals surface area (Å²) in [4.78, 5) is 57.7. The van der Waals surface area contributed by atoms with Crippen molar-refractivity contribution in [2.45, 2.75) is 37.1 Å². The highest BCUT2D eigenvalue weighted by Crippen LogP contribution is 2.41. The van der Waals surface area contributed by atoms with Crippen LogP contribution in [0, 0.1) is 0 Å². The minimum Gasteiger partial charge on any atom is -0.434 e. The minimum atomic E-state index is -1.33. The quantitative estimate of drug-likeness (QED) is 0.0293. The highest BCUT2D eigenvalue weighted by atomic mass is 35.5. The average Bonchev–Trinajstić information content (AvgIpc) is 3.42. The Kier molecular flexibility index (Phi) is 10.5. The molecule has 1 aromatic heterocycles. The number of β-lactam (4-membered cyclic amide) rings is 1. The van der Waals surface area contributed by atoms with E-state index in [1.807, 2.05) is 0 Å². The summed E-state index contributed by atoms with van der Waals surface area (Å²) in [5.74, 6) is -3.30. The molecule has 0 aliphatic carbocycles. The average molecular weight is 620 g/mol. The molecule has 2 aliphatic heterocycles. The molecule has 0 aromatic carbocycles. The number of carbonyl (C=O) groups excluding carboxylic acids is 4. The van der Waals surface area contributed by atoms with Gasteiger partial charge in [-0.1, -0.05) is 41.5 Å². The highest BCUT2D eigenvalue weighted by Gasteiger charge is 2.55. The smallest absolute Gasteiger partial charge is 0.357 e. The van der Waals surface area contributed by atoms with Crippen molar-refractivity contribution in [3.63, 3.8) is 0 Å². The summed E-state index contributed by atoms with van der Waals surface area (Å²) >= 11 is 13.5. The number of carbonyl (C=O) groups is 4. The summed E-state index contributed by atoms with van der Waals surface area (Å²) in [6.45, 7) is 6.77. The molecular weight excluding hydrogens is 594 g/mol. The van der Waals surface area contributed by atoms with Crippen LogP contribution in [-0.2, 0) is 33.5 Å². The summed E-state index contributed by atoms with van der Waals surface area (Å²) in [6.07, 6.45) is 1.48. The molecule has 1 fully saturated rings. The van der Waals surface area contributed by atoms with Gasteiger partial charge in [0.15, 0.2) is 6.79 Å². The predicted molar refractivity (Wildman–Crippen MR) is 149 cm³/mol. The number of fused-ring (bicyclic) bond motifs is 1. The van der Waals surface area contributed by atoms with E-state index < -0.39 is 54.6 Å². The number of aromatic nitrogens is 2. The number of thioether (sulfide) groups is 1. The van der Waals surface area contributed by atoms with Gasteiger partial charge in [-0.2, -0.15) is 0 Å². The molecule has 3 rings (SSSR count). The fourth-order valence-electron chi connectivity index (χ4n) is 3.38. The standard InChI is InChI=1S/C21H26ClN5O7S3Si/c1-32-25-14(12(28)7-22)18(29)24-15-19(30)27-16(21(31)34-10-33-5-6-38(2,3)4)11(9-36-20(15)27)17(35)13-8-23-26-37-13/h8,15,20H,5-7,9-10H2,1-4H3,(H,24,29)/t15?,20-/m0/s1. The third kappa shape index (κ3) is 7.03. The SMILES string of the molecule is CON=C(C(=O)CCl)C(=O)NC1C(=O)N2C(C(=O)OCOCC[Si](C)(C)C)=C(C(=S)c3cnns3)CS[C@@H]12. The van der Waals surface area contributed by atoms with Gasteiger partial charge < -0.3 is 19.6 Å². The van der Waals surface area contributed by atoms with E-state index in [9.17, 15) is 19.2 Å². The van der Waals surface area contributed by atoms with E-state index >= 15 is 0 Å². The second-order valence-electron chi connectivity index (χ2n) is 9.25. The van der Waals surface area contributed by atoms with Crippen molar-refractivity contribution in [2.24, 2.45) is 5.16 Å². The van der Waals surface area contributed by atoms with E-state index in [0.29, 0.717) is 21.9 Å². The number of hydrogen-bond acceptors (Lipinski definition) is 13. The molecule has 206 valence electrons. The number of oxime groups is 1. The summed E-state index contributed by atoms with van der Waals surface area (Å²) in [5, 5.41) is 9.05. The largest absolute Gasteiger partial charge is 0.434 e. The van der Waals surface area contributed by atoms with Gasteiger partial charge in [0.1, 0.15) is 24.2 Å². The Morgan fingerprint density at radius 3 is 2.68 bits per heavy atom. The summed E-state index contributed by atoms with van der Waals surface area (Å²) in [7, 11) is -0.156.